The molecule has 3 aromatic rings. The number of anilines is 1. The molecule has 1 amide bonds. The Morgan fingerprint density at radius 2 is 1.45 bits per heavy atom. The van der Waals surface area contributed by atoms with Crippen molar-refractivity contribution in [1.29, 1.82) is 0 Å². The third-order valence-corrected chi connectivity index (χ3v) is 6.44. The number of halogens is 9. The number of amides is 1. The van der Waals surface area contributed by atoms with Crippen molar-refractivity contribution in [1.82, 2.24) is 10.3 Å². The topological polar surface area (TPSA) is 63.7 Å². The Balaban J connectivity index is 1.67. The lowest BCUT2D eigenvalue weighted by Crippen LogP contribution is -2.47. The Bertz CT molecular complexity index is 1400. The first-order valence-corrected chi connectivity index (χ1v) is 12.2. The Labute approximate surface area is 233 Å². The van der Waals surface area contributed by atoms with Gasteiger partial charge in [0.1, 0.15) is 17.2 Å². The molecule has 1 aliphatic rings. The Morgan fingerprint density at radius 3 is 2.00 bits per heavy atom. The summed E-state index contributed by atoms with van der Waals surface area (Å²) in [7, 11) is 0. The smallest absolute Gasteiger partial charge is 0.406 e. The van der Waals surface area contributed by atoms with Gasteiger partial charge in [-0.05, 0) is 73.9 Å². The minimum Gasteiger partial charge on any atom is -0.406 e. The fraction of sp³-hybridized carbons (Fsp3) is 0.333. The largest absolute Gasteiger partial charge is 0.573 e. The SMILES string of the molecule is CC(C)(N[C@H]1C[C@@H](c2cccc(OC(F)(F)F)c2)N(c2ccc(OC(F)(F)F)cc2)C1=O)c1ccc(C(F)(F)F)nc1. The van der Waals surface area contributed by atoms with E-state index in [1.165, 1.54) is 35.2 Å². The molecule has 1 aromatic heterocycles. The van der Waals surface area contributed by atoms with Crippen LogP contribution in [-0.4, -0.2) is 29.7 Å². The second-order valence-corrected chi connectivity index (χ2v) is 9.87. The Kier molecular flexibility index (Phi) is 8.10. The second kappa shape index (κ2) is 11.0. The summed E-state index contributed by atoms with van der Waals surface area (Å²) in [5, 5.41) is 3.08. The van der Waals surface area contributed by atoms with Crippen molar-refractivity contribution in [2.75, 3.05) is 4.90 Å². The van der Waals surface area contributed by atoms with Crippen LogP contribution in [0.15, 0.2) is 66.9 Å². The lowest BCUT2D eigenvalue weighted by molar-refractivity contribution is -0.275. The van der Waals surface area contributed by atoms with Gasteiger partial charge in [-0.3, -0.25) is 15.1 Å². The molecule has 0 unspecified atom stereocenters. The van der Waals surface area contributed by atoms with Crippen molar-refractivity contribution in [2.45, 2.75) is 56.8 Å². The summed E-state index contributed by atoms with van der Waals surface area (Å²) in [5.41, 5.74) is -1.54. The van der Waals surface area contributed by atoms with E-state index in [2.05, 4.69) is 19.8 Å². The summed E-state index contributed by atoms with van der Waals surface area (Å²) < 4.78 is 123. The molecule has 1 fully saturated rings. The van der Waals surface area contributed by atoms with Gasteiger partial charge in [0.15, 0.2) is 0 Å². The van der Waals surface area contributed by atoms with Crippen molar-refractivity contribution in [3.8, 4) is 11.5 Å². The highest BCUT2D eigenvalue weighted by atomic mass is 19.4. The monoisotopic (exact) mass is 607 g/mol. The molecule has 1 saturated heterocycles. The number of nitrogens with one attached hydrogen (secondary N) is 1. The number of ether oxygens (including phenoxy) is 2. The highest BCUT2D eigenvalue weighted by molar-refractivity contribution is 6.00. The summed E-state index contributed by atoms with van der Waals surface area (Å²) in [6, 6.07) is 9.34. The molecule has 1 N–H and O–H groups in total. The fourth-order valence-corrected chi connectivity index (χ4v) is 4.64. The number of hydrogen-bond acceptors (Lipinski definition) is 5. The number of nitrogens with zero attached hydrogens (tertiary/aromatic N) is 2. The number of rotatable bonds is 7. The average molecular weight is 607 g/mol. The number of benzene rings is 2. The van der Waals surface area contributed by atoms with Crippen LogP contribution >= 0.6 is 0 Å². The highest BCUT2D eigenvalue weighted by Gasteiger charge is 2.44. The summed E-state index contributed by atoms with van der Waals surface area (Å²) >= 11 is 0. The number of carbonyl (C=O) groups excluding carboxylic acids is 1. The predicted octanol–water partition coefficient (Wildman–Crippen LogP) is 7.27. The molecule has 1 aliphatic heterocycles. The van der Waals surface area contributed by atoms with Crippen LogP contribution in [0.1, 0.15) is 43.1 Å². The van der Waals surface area contributed by atoms with Gasteiger partial charge in [-0.15, -0.1) is 26.3 Å². The van der Waals surface area contributed by atoms with E-state index in [1.54, 1.807) is 13.8 Å². The Hall–Kier alpha value is -4.01. The van der Waals surface area contributed by atoms with Crippen LogP contribution in [-0.2, 0) is 16.5 Å². The summed E-state index contributed by atoms with van der Waals surface area (Å²) in [4.78, 5) is 18.3. The van der Waals surface area contributed by atoms with E-state index in [1.807, 2.05) is 0 Å². The van der Waals surface area contributed by atoms with Crippen LogP contribution < -0.4 is 19.7 Å². The van der Waals surface area contributed by atoms with Gasteiger partial charge >= 0.3 is 18.9 Å². The molecule has 0 radical (unpaired) electrons. The standard InChI is InChI=1S/C27H22F9N3O3/c1-24(2,16-6-11-22(37-14-16)25(28,29)30)38-20-13-21(15-4-3-5-19(12-15)42-27(34,35)36)39(23(20)40)17-7-9-18(10-8-17)41-26(31,32)33/h3-12,14,20-21,38H,13H2,1-2H3/t20-,21-/m0/s1. The van der Waals surface area contributed by atoms with Gasteiger partial charge in [-0.1, -0.05) is 18.2 Å². The molecule has 2 heterocycles. The van der Waals surface area contributed by atoms with E-state index in [0.717, 1.165) is 36.5 Å². The van der Waals surface area contributed by atoms with Gasteiger partial charge in [0.2, 0.25) is 5.91 Å². The zero-order chi connectivity index (χ0) is 31.1. The van der Waals surface area contributed by atoms with Crippen molar-refractivity contribution in [3.05, 3.63) is 83.7 Å². The minimum atomic E-state index is -4.98. The molecule has 0 bridgehead atoms. The van der Waals surface area contributed by atoms with E-state index in [9.17, 15) is 44.3 Å². The summed E-state index contributed by atoms with van der Waals surface area (Å²) in [5.74, 6) is -1.69. The zero-order valence-electron chi connectivity index (χ0n) is 21.7. The van der Waals surface area contributed by atoms with E-state index in [4.69, 9.17) is 0 Å². The van der Waals surface area contributed by atoms with Gasteiger partial charge in [-0.25, -0.2) is 0 Å². The zero-order valence-corrected chi connectivity index (χ0v) is 21.7. The number of pyridine rings is 1. The molecule has 4 rings (SSSR count). The molecule has 2 aromatic carbocycles. The summed E-state index contributed by atoms with van der Waals surface area (Å²) in [6.07, 6.45) is -13.6. The maximum atomic E-state index is 13.7. The van der Waals surface area contributed by atoms with Crippen LogP contribution in [0.3, 0.4) is 0 Å². The number of carbonyl (C=O) groups is 1. The first kappa shape index (κ1) is 30.9. The predicted molar refractivity (Wildman–Crippen MR) is 130 cm³/mol. The first-order valence-electron chi connectivity index (χ1n) is 12.2. The number of hydrogen-bond donors (Lipinski definition) is 1. The van der Waals surface area contributed by atoms with Crippen LogP contribution in [0.25, 0.3) is 0 Å². The lowest BCUT2D eigenvalue weighted by atomic mass is 9.93. The Morgan fingerprint density at radius 1 is 0.833 bits per heavy atom. The molecule has 0 saturated carbocycles. The van der Waals surface area contributed by atoms with Crippen LogP contribution in [0.4, 0.5) is 45.2 Å². The van der Waals surface area contributed by atoms with E-state index < -0.39 is 59.6 Å². The number of alkyl halides is 9. The number of aromatic nitrogens is 1. The molecular formula is C27H22F9N3O3. The molecule has 0 aliphatic carbocycles. The van der Waals surface area contributed by atoms with Crippen LogP contribution in [0.5, 0.6) is 11.5 Å². The van der Waals surface area contributed by atoms with E-state index >= 15 is 0 Å². The molecule has 0 spiro atoms. The summed E-state index contributed by atoms with van der Waals surface area (Å²) in [6.45, 7) is 3.20. The van der Waals surface area contributed by atoms with Crippen molar-refractivity contribution >= 4 is 11.6 Å². The van der Waals surface area contributed by atoms with Gasteiger partial charge in [0, 0.05) is 17.4 Å². The van der Waals surface area contributed by atoms with Crippen molar-refractivity contribution < 1.29 is 53.8 Å². The molecule has 2 atom stereocenters. The maximum Gasteiger partial charge on any atom is 0.573 e. The van der Waals surface area contributed by atoms with Crippen molar-refractivity contribution in [2.24, 2.45) is 0 Å². The molecule has 15 heteroatoms. The van der Waals surface area contributed by atoms with E-state index in [-0.39, 0.29) is 17.7 Å². The second-order valence-electron chi connectivity index (χ2n) is 9.87. The highest BCUT2D eigenvalue weighted by Crippen LogP contribution is 2.41. The quantitative estimate of drug-likeness (QED) is 0.287. The minimum absolute atomic E-state index is 0.0212. The van der Waals surface area contributed by atoms with Gasteiger partial charge in [-0.2, -0.15) is 13.2 Å². The third kappa shape index (κ3) is 7.43. The molecule has 42 heavy (non-hydrogen) atoms. The van der Waals surface area contributed by atoms with Crippen LogP contribution in [0, 0.1) is 0 Å². The average Bonchev–Trinajstić information content (AvgIpc) is 3.17. The maximum absolute atomic E-state index is 13.7. The third-order valence-electron chi connectivity index (χ3n) is 6.44. The first-order chi connectivity index (χ1) is 19.3. The van der Waals surface area contributed by atoms with Gasteiger partial charge < -0.3 is 14.4 Å². The lowest BCUT2D eigenvalue weighted by Gasteiger charge is -2.30. The molecule has 226 valence electrons. The van der Waals surface area contributed by atoms with Crippen molar-refractivity contribution in [3.63, 3.8) is 0 Å². The molecular weight excluding hydrogens is 585 g/mol. The van der Waals surface area contributed by atoms with E-state index in [0.29, 0.717) is 5.56 Å². The van der Waals surface area contributed by atoms with Gasteiger partial charge in [0.25, 0.3) is 0 Å². The molecule has 6 nitrogen and oxygen atoms in total. The van der Waals surface area contributed by atoms with Crippen LogP contribution in [0.2, 0.25) is 0 Å². The normalized spacial score (nSPS) is 18.4. The van der Waals surface area contributed by atoms with Gasteiger partial charge in [0.05, 0.1) is 12.1 Å². The fourth-order valence-electron chi connectivity index (χ4n) is 4.64.